The highest BCUT2D eigenvalue weighted by Gasteiger charge is 2.29. The molecule has 0 bridgehead atoms. The molecule has 26 heavy (non-hydrogen) atoms. The van der Waals surface area contributed by atoms with Crippen molar-refractivity contribution in [3.63, 3.8) is 0 Å². The predicted molar refractivity (Wildman–Crippen MR) is 98.5 cm³/mol. The molecule has 2 aromatic rings. The number of carbonyl (C=O) groups is 1. The van der Waals surface area contributed by atoms with E-state index in [-0.39, 0.29) is 19.1 Å². The van der Waals surface area contributed by atoms with Crippen molar-refractivity contribution >= 4 is 16.2 Å². The highest BCUT2D eigenvalue weighted by molar-refractivity contribution is 7.85. The van der Waals surface area contributed by atoms with Crippen LogP contribution >= 0.6 is 0 Å². The summed E-state index contributed by atoms with van der Waals surface area (Å²) in [6.07, 6.45) is 0.365. The fraction of sp³-hybridized carbons (Fsp3) is 0.316. The molecule has 1 N–H and O–H groups in total. The lowest BCUT2D eigenvalue weighted by atomic mass is 9.98. The molecule has 0 aromatic heterocycles. The molecule has 6 nitrogen and oxygen atoms in total. The number of amides is 1. The quantitative estimate of drug-likeness (QED) is 0.785. The molecule has 0 radical (unpaired) electrons. The Morgan fingerprint density at radius 2 is 1.62 bits per heavy atom. The molecule has 0 fully saturated rings. The normalized spacial score (nSPS) is 14.4. The van der Waals surface area contributed by atoms with E-state index in [1.165, 1.54) is 0 Å². The van der Waals surface area contributed by atoms with Gasteiger partial charge in [0, 0.05) is 5.92 Å². The highest BCUT2D eigenvalue weighted by Crippen LogP contribution is 2.44. The van der Waals surface area contributed by atoms with E-state index in [1.807, 2.05) is 36.4 Å². The van der Waals surface area contributed by atoms with Crippen LogP contribution in [0.15, 0.2) is 48.5 Å². The van der Waals surface area contributed by atoms with E-state index >= 15 is 0 Å². The molecule has 7 heteroatoms. The number of alkyl carbamates (subject to hydrolysis) is 1. The Labute approximate surface area is 153 Å². The van der Waals surface area contributed by atoms with Gasteiger partial charge in [-0.2, -0.15) is 8.42 Å². The van der Waals surface area contributed by atoms with Gasteiger partial charge in [0.2, 0.25) is 0 Å². The van der Waals surface area contributed by atoms with Gasteiger partial charge in [0.05, 0.1) is 18.9 Å². The van der Waals surface area contributed by atoms with Gasteiger partial charge in [0.1, 0.15) is 6.61 Å². The molecule has 0 heterocycles. The van der Waals surface area contributed by atoms with Crippen molar-refractivity contribution in [3.8, 4) is 11.1 Å². The molecule has 1 aliphatic carbocycles. The van der Waals surface area contributed by atoms with Crippen LogP contribution in [0.2, 0.25) is 0 Å². The van der Waals surface area contributed by atoms with Crippen LogP contribution in [0.5, 0.6) is 0 Å². The van der Waals surface area contributed by atoms with Gasteiger partial charge >= 0.3 is 6.09 Å². The Bertz CT molecular complexity index is 864. The van der Waals surface area contributed by atoms with Crippen molar-refractivity contribution in [2.75, 3.05) is 19.5 Å². The molecule has 0 saturated carbocycles. The molecule has 0 spiro atoms. The minimum Gasteiger partial charge on any atom is -0.449 e. The average molecular weight is 375 g/mol. The maximum absolute atomic E-state index is 12.0. The first kappa shape index (κ1) is 18.4. The Morgan fingerprint density at radius 1 is 1.08 bits per heavy atom. The lowest BCUT2D eigenvalue weighted by Gasteiger charge is -2.17. The summed E-state index contributed by atoms with van der Waals surface area (Å²) in [5.41, 5.74) is 4.59. The summed E-state index contributed by atoms with van der Waals surface area (Å²) in [7, 11) is -3.54. The number of rotatable bonds is 6. The maximum Gasteiger partial charge on any atom is 0.407 e. The monoisotopic (exact) mass is 375 g/mol. The van der Waals surface area contributed by atoms with Crippen LogP contribution in [0.4, 0.5) is 4.79 Å². The van der Waals surface area contributed by atoms with Gasteiger partial charge in [0.25, 0.3) is 10.1 Å². The van der Waals surface area contributed by atoms with Crippen molar-refractivity contribution < 1.29 is 22.1 Å². The first-order valence-electron chi connectivity index (χ1n) is 8.31. The smallest absolute Gasteiger partial charge is 0.407 e. The largest absolute Gasteiger partial charge is 0.449 e. The second kappa shape index (κ2) is 7.47. The Hall–Kier alpha value is -2.38. The third kappa shape index (κ3) is 4.23. The Kier molecular flexibility index (Phi) is 5.29. The minimum atomic E-state index is -3.54. The standard InChI is InChI=1S/C19H21NO5S/c1-13(11-25-26(2,22)23)20-19(21)24-12-18-16-9-5-3-7-14(16)15-8-4-6-10-17(15)18/h3-10,13,18H,11-12H2,1-2H3,(H,20,21)/t13-/m0/s1. The van der Waals surface area contributed by atoms with Gasteiger partial charge in [-0.3, -0.25) is 4.18 Å². The lowest BCUT2D eigenvalue weighted by Crippen LogP contribution is -2.37. The molecule has 1 atom stereocenters. The molecule has 2 aromatic carbocycles. The third-order valence-corrected chi connectivity index (χ3v) is 4.80. The predicted octanol–water partition coefficient (Wildman–Crippen LogP) is 2.89. The number of benzene rings is 2. The van der Waals surface area contributed by atoms with E-state index in [0.717, 1.165) is 28.5 Å². The van der Waals surface area contributed by atoms with E-state index in [4.69, 9.17) is 4.74 Å². The van der Waals surface area contributed by atoms with E-state index in [0.29, 0.717) is 0 Å². The van der Waals surface area contributed by atoms with Crippen LogP contribution in [-0.2, 0) is 19.0 Å². The average Bonchev–Trinajstić information content (AvgIpc) is 2.92. The van der Waals surface area contributed by atoms with Crippen molar-refractivity contribution in [1.29, 1.82) is 0 Å². The van der Waals surface area contributed by atoms with Crippen molar-refractivity contribution in [1.82, 2.24) is 5.32 Å². The van der Waals surface area contributed by atoms with Gasteiger partial charge in [-0.05, 0) is 29.2 Å². The summed E-state index contributed by atoms with van der Waals surface area (Å²) in [5, 5.41) is 2.57. The third-order valence-electron chi connectivity index (χ3n) is 4.24. The lowest BCUT2D eigenvalue weighted by molar-refractivity contribution is 0.136. The molecule has 0 unspecified atom stereocenters. The maximum atomic E-state index is 12.0. The summed E-state index contributed by atoms with van der Waals surface area (Å²) in [5.74, 6) is -0.0178. The molecule has 0 aliphatic heterocycles. The van der Waals surface area contributed by atoms with E-state index in [2.05, 4.69) is 21.6 Å². The van der Waals surface area contributed by atoms with Gasteiger partial charge in [-0.1, -0.05) is 48.5 Å². The number of hydrogen-bond donors (Lipinski definition) is 1. The molecule has 3 rings (SSSR count). The summed E-state index contributed by atoms with van der Waals surface area (Å²) in [4.78, 5) is 12.0. The van der Waals surface area contributed by atoms with Gasteiger partial charge in [0.15, 0.2) is 0 Å². The van der Waals surface area contributed by atoms with Crippen molar-refractivity contribution in [2.45, 2.75) is 18.9 Å². The number of hydrogen-bond acceptors (Lipinski definition) is 5. The zero-order valence-electron chi connectivity index (χ0n) is 14.6. The van der Waals surface area contributed by atoms with Crippen LogP contribution in [0, 0.1) is 0 Å². The highest BCUT2D eigenvalue weighted by atomic mass is 32.2. The minimum absolute atomic E-state index is 0.0178. The van der Waals surface area contributed by atoms with Crippen LogP contribution in [-0.4, -0.2) is 40.0 Å². The van der Waals surface area contributed by atoms with Crippen LogP contribution in [0.3, 0.4) is 0 Å². The molecule has 0 saturated heterocycles. The van der Waals surface area contributed by atoms with Gasteiger partial charge < -0.3 is 10.1 Å². The molecule has 1 amide bonds. The number of fused-ring (bicyclic) bond motifs is 3. The fourth-order valence-electron chi connectivity index (χ4n) is 3.11. The number of carbonyl (C=O) groups excluding carboxylic acids is 1. The summed E-state index contributed by atoms with van der Waals surface area (Å²) in [6.45, 7) is 1.72. The van der Waals surface area contributed by atoms with Crippen LogP contribution in [0.25, 0.3) is 11.1 Å². The second-order valence-corrected chi connectivity index (χ2v) is 8.00. The van der Waals surface area contributed by atoms with E-state index in [9.17, 15) is 13.2 Å². The zero-order valence-corrected chi connectivity index (χ0v) is 15.5. The Balaban J connectivity index is 1.62. The summed E-state index contributed by atoms with van der Waals surface area (Å²) < 4.78 is 32.0. The topological polar surface area (TPSA) is 81.7 Å². The second-order valence-electron chi connectivity index (χ2n) is 6.36. The van der Waals surface area contributed by atoms with Gasteiger partial charge in [-0.25, -0.2) is 4.79 Å². The van der Waals surface area contributed by atoms with Crippen molar-refractivity contribution in [2.24, 2.45) is 0 Å². The fourth-order valence-corrected chi connectivity index (χ4v) is 3.56. The summed E-state index contributed by atoms with van der Waals surface area (Å²) >= 11 is 0. The van der Waals surface area contributed by atoms with E-state index < -0.39 is 22.3 Å². The first-order chi connectivity index (χ1) is 12.3. The van der Waals surface area contributed by atoms with Crippen LogP contribution in [0.1, 0.15) is 24.0 Å². The van der Waals surface area contributed by atoms with E-state index in [1.54, 1.807) is 6.92 Å². The first-order valence-corrected chi connectivity index (χ1v) is 10.1. The molecular formula is C19H21NO5S. The number of nitrogens with one attached hydrogen (secondary N) is 1. The van der Waals surface area contributed by atoms with Crippen molar-refractivity contribution in [3.05, 3.63) is 59.7 Å². The zero-order chi connectivity index (χ0) is 18.7. The molecule has 138 valence electrons. The summed E-state index contributed by atoms with van der Waals surface area (Å²) in [6, 6.07) is 15.7. The SMILES string of the molecule is C[C@@H](COS(C)(=O)=O)NC(=O)OCC1c2ccccc2-c2ccccc21. The number of ether oxygens (including phenoxy) is 1. The molecule has 1 aliphatic rings. The Morgan fingerprint density at radius 3 is 2.15 bits per heavy atom. The van der Waals surface area contributed by atoms with Gasteiger partial charge in [-0.15, -0.1) is 0 Å². The molecular weight excluding hydrogens is 354 g/mol. The van der Waals surface area contributed by atoms with Crippen LogP contribution < -0.4 is 5.32 Å².